The van der Waals surface area contributed by atoms with Gasteiger partial charge in [0.1, 0.15) is 6.61 Å². The summed E-state index contributed by atoms with van der Waals surface area (Å²) in [5, 5.41) is 11.9. The lowest BCUT2D eigenvalue weighted by Gasteiger charge is -2.09. The van der Waals surface area contributed by atoms with Crippen molar-refractivity contribution in [1.82, 2.24) is 0 Å². The number of nitrogens with one attached hydrogen (secondary N) is 1. The smallest absolute Gasteiger partial charge is 0.338 e. The molecule has 1 aromatic rings. The number of aliphatic hydroxyl groups excluding tert-OH is 1. The molecule has 0 heterocycles. The lowest BCUT2D eigenvalue weighted by atomic mass is 10.2. The molecular weight excluding hydrogens is 418 g/mol. The van der Waals surface area contributed by atoms with E-state index >= 15 is 0 Å². The van der Waals surface area contributed by atoms with E-state index in [0.717, 1.165) is 25.1 Å². The first-order valence-electron chi connectivity index (χ1n) is 11.3. The largest absolute Gasteiger partial charge is 0.460 e. The lowest BCUT2D eigenvalue weighted by Crippen LogP contribution is -2.15. The van der Waals surface area contributed by atoms with Gasteiger partial charge in [0.2, 0.25) is 0 Å². The Labute approximate surface area is 191 Å². The second kappa shape index (κ2) is 21.1. The van der Waals surface area contributed by atoms with E-state index in [1.165, 1.54) is 0 Å². The minimum atomic E-state index is -0.358. The highest BCUT2D eigenvalue weighted by atomic mass is 16.6. The van der Waals surface area contributed by atoms with Crippen LogP contribution in [0.1, 0.15) is 30.1 Å². The average molecular weight is 458 g/mol. The van der Waals surface area contributed by atoms with Crippen LogP contribution in [0, 0.1) is 0 Å². The first-order valence-corrected chi connectivity index (χ1v) is 11.3. The van der Waals surface area contributed by atoms with Crippen molar-refractivity contribution in [3.8, 4) is 0 Å². The van der Waals surface area contributed by atoms with E-state index in [0.29, 0.717) is 71.6 Å². The van der Waals surface area contributed by atoms with E-state index in [1.807, 2.05) is 12.1 Å². The third kappa shape index (κ3) is 16.0. The van der Waals surface area contributed by atoms with Gasteiger partial charge in [-0.2, -0.15) is 0 Å². The summed E-state index contributed by atoms with van der Waals surface area (Å²) in [5.74, 6) is -0.358. The van der Waals surface area contributed by atoms with Crippen molar-refractivity contribution < 1.29 is 38.3 Å². The zero-order chi connectivity index (χ0) is 23.1. The zero-order valence-electron chi connectivity index (χ0n) is 19.2. The summed E-state index contributed by atoms with van der Waals surface area (Å²) in [4.78, 5) is 12.0. The molecule has 9 nitrogen and oxygen atoms in total. The Morgan fingerprint density at radius 2 is 1.22 bits per heavy atom. The van der Waals surface area contributed by atoms with Crippen molar-refractivity contribution in [2.45, 2.75) is 19.8 Å². The number of rotatable bonds is 22. The van der Waals surface area contributed by atoms with Gasteiger partial charge in [0, 0.05) is 12.2 Å². The van der Waals surface area contributed by atoms with E-state index in [4.69, 9.17) is 33.5 Å². The van der Waals surface area contributed by atoms with Gasteiger partial charge in [-0.05, 0) is 30.7 Å². The Morgan fingerprint density at radius 3 is 1.69 bits per heavy atom. The molecule has 9 heteroatoms. The number of hydrogen-bond donors (Lipinski definition) is 2. The maximum atomic E-state index is 12.0. The quantitative estimate of drug-likeness (QED) is 0.200. The first-order chi connectivity index (χ1) is 15.8. The Kier molecular flexibility index (Phi) is 18.7. The van der Waals surface area contributed by atoms with E-state index in [9.17, 15) is 4.79 Å². The van der Waals surface area contributed by atoms with Gasteiger partial charge in [0.25, 0.3) is 0 Å². The molecule has 0 unspecified atom stereocenters. The molecule has 0 aliphatic heterocycles. The SMILES string of the molecule is CCCCNc1ccc(C(=O)OCCOCCOCCOCCOCCOCCO)cc1. The van der Waals surface area contributed by atoms with Gasteiger partial charge in [-0.15, -0.1) is 0 Å². The van der Waals surface area contributed by atoms with Gasteiger partial charge in [-0.3, -0.25) is 0 Å². The standard InChI is InChI=1S/C23H39NO8/c1-2-3-8-24-22-6-4-21(5-7-22)23(26)32-20-19-31-18-17-30-16-15-29-14-13-28-12-11-27-10-9-25/h4-7,24-25H,2-3,8-20H2,1H3. The Hall–Kier alpha value is -1.75. The number of anilines is 1. The van der Waals surface area contributed by atoms with Crippen molar-refractivity contribution in [3.63, 3.8) is 0 Å². The summed E-state index contributed by atoms with van der Waals surface area (Å²) < 4.78 is 31.7. The highest BCUT2D eigenvalue weighted by Gasteiger charge is 2.06. The molecule has 0 atom stereocenters. The van der Waals surface area contributed by atoms with Crippen LogP contribution >= 0.6 is 0 Å². The first kappa shape index (κ1) is 28.3. The molecule has 1 aromatic carbocycles. The van der Waals surface area contributed by atoms with Gasteiger partial charge in [-0.25, -0.2) is 4.79 Å². The number of carbonyl (C=O) groups excluding carboxylic acids is 1. The molecule has 0 radical (unpaired) electrons. The minimum absolute atomic E-state index is 0.0219. The number of ether oxygens (including phenoxy) is 6. The third-order valence-electron chi connectivity index (χ3n) is 4.16. The number of esters is 1. The molecular formula is C23H39NO8. The molecule has 0 aromatic heterocycles. The molecule has 184 valence electrons. The monoisotopic (exact) mass is 457 g/mol. The van der Waals surface area contributed by atoms with Gasteiger partial charge in [0.15, 0.2) is 0 Å². The van der Waals surface area contributed by atoms with Crippen molar-refractivity contribution in [2.24, 2.45) is 0 Å². The molecule has 0 saturated carbocycles. The number of unbranched alkanes of at least 4 members (excludes halogenated alkanes) is 1. The van der Waals surface area contributed by atoms with Crippen LogP contribution in [0.2, 0.25) is 0 Å². The Bertz CT molecular complexity index is 555. The number of aliphatic hydroxyl groups is 1. The van der Waals surface area contributed by atoms with Crippen molar-refractivity contribution in [3.05, 3.63) is 29.8 Å². The predicted octanol–water partition coefficient (Wildman–Crippen LogP) is 2.13. The molecule has 0 aliphatic rings. The second-order valence-electron chi connectivity index (χ2n) is 6.78. The van der Waals surface area contributed by atoms with E-state index in [2.05, 4.69) is 12.2 Å². The van der Waals surface area contributed by atoms with Crippen LogP contribution in [-0.4, -0.2) is 96.9 Å². The van der Waals surface area contributed by atoms with Crippen LogP contribution < -0.4 is 5.32 Å². The van der Waals surface area contributed by atoms with Crippen LogP contribution in [-0.2, 0) is 28.4 Å². The lowest BCUT2D eigenvalue weighted by molar-refractivity contribution is -0.0167. The molecule has 0 amide bonds. The van der Waals surface area contributed by atoms with Crippen molar-refractivity contribution >= 4 is 11.7 Å². The van der Waals surface area contributed by atoms with E-state index in [-0.39, 0.29) is 19.2 Å². The van der Waals surface area contributed by atoms with Gasteiger partial charge < -0.3 is 38.8 Å². The molecule has 0 fully saturated rings. The topological polar surface area (TPSA) is 105 Å². The Morgan fingerprint density at radius 1 is 0.750 bits per heavy atom. The van der Waals surface area contributed by atoms with E-state index < -0.39 is 0 Å². The average Bonchev–Trinajstić information content (AvgIpc) is 2.81. The highest BCUT2D eigenvalue weighted by Crippen LogP contribution is 2.10. The number of hydrogen-bond acceptors (Lipinski definition) is 9. The molecule has 32 heavy (non-hydrogen) atoms. The minimum Gasteiger partial charge on any atom is -0.460 e. The van der Waals surface area contributed by atoms with Crippen LogP contribution in [0.4, 0.5) is 5.69 Å². The maximum Gasteiger partial charge on any atom is 0.338 e. The summed E-state index contributed by atoms with van der Waals surface area (Å²) in [6, 6.07) is 7.28. The molecule has 0 spiro atoms. The fraction of sp³-hybridized carbons (Fsp3) is 0.696. The number of benzene rings is 1. The second-order valence-corrected chi connectivity index (χ2v) is 6.78. The molecule has 2 N–H and O–H groups in total. The molecule has 0 saturated heterocycles. The fourth-order valence-electron chi connectivity index (χ4n) is 2.46. The van der Waals surface area contributed by atoms with Crippen LogP contribution in [0.3, 0.4) is 0 Å². The van der Waals surface area contributed by atoms with Gasteiger partial charge in [0.05, 0.1) is 78.2 Å². The normalized spacial score (nSPS) is 10.9. The van der Waals surface area contributed by atoms with Crippen LogP contribution in [0.15, 0.2) is 24.3 Å². The molecule has 1 rings (SSSR count). The summed E-state index contributed by atoms with van der Waals surface area (Å²) >= 11 is 0. The van der Waals surface area contributed by atoms with Crippen molar-refractivity contribution in [1.29, 1.82) is 0 Å². The molecule has 0 aliphatic carbocycles. The maximum absolute atomic E-state index is 12.0. The van der Waals surface area contributed by atoms with Crippen LogP contribution in [0.25, 0.3) is 0 Å². The van der Waals surface area contributed by atoms with Gasteiger partial charge in [-0.1, -0.05) is 13.3 Å². The summed E-state index contributed by atoms with van der Waals surface area (Å²) in [7, 11) is 0. The number of carbonyl (C=O) groups is 1. The summed E-state index contributed by atoms with van der Waals surface area (Å²) in [6.07, 6.45) is 2.25. The summed E-state index contributed by atoms with van der Waals surface area (Å²) in [5.41, 5.74) is 1.52. The van der Waals surface area contributed by atoms with Gasteiger partial charge >= 0.3 is 5.97 Å². The van der Waals surface area contributed by atoms with Crippen LogP contribution in [0.5, 0.6) is 0 Å². The Balaban J connectivity index is 1.87. The fourth-order valence-corrected chi connectivity index (χ4v) is 2.46. The van der Waals surface area contributed by atoms with Crippen molar-refractivity contribution in [2.75, 3.05) is 91.1 Å². The summed E-state index contributed by atoms with van der Waals surface area (Å²) in [6.45, 7) is 7.69. The third-order valence-corrected chi connectivity index (χ3v) is 4.16. The highest BCUT2D eigenvalue weighted by molar-refractivity contribution is 5.89. The zero-order valence-corrected chi connectivity index (χ0v) is 19.2. The predicted molar refractivity (Wildman–Crippen MR) is 121 cm³/mol. The molecule has 0 bridgehead atoms. The van der Waals surface area contributed by atoms with E-state index in [1.54, 1.807) is 12.1 Å².